The Bertz CT molecular complexity index is 732. The lowest BCUT2D eigenvalue weighted by Crippen LogP contribution is -2.40. The van der Waals surface area contributed by atoms with Gasteiger partial charge < -0.3 is 20.3 Å². The summed E-state index contributed by atoms with van der Waals surface area (Å²) in [5, 5.41) is 6.86. The number of hydrogen-bond acceptors (Lipinski definition) is 4. The van der Waals surface area contributed by atoms with E-state index in [1.165, 1.54) is 5.56 Å². The summed E-state index contributed by atoms with van der Waals surface area (Å²) in [4.78, 5) is 11.1. The van der Waals surface area contributed by atoms with Crippen molar-refractivity contribution in [2.24, 2.45) is 4.99 Å². The number of nitrogens with one attached hydrogen (secondary N) is 2. The molecule has 0 bridgehead atoms. The number of pyridine rings is 1. The molecular weight excluding hydrogens is 350 g/mol. The molecule has 1 unspecified atom stereocenters. The van der Waals surface area contributed by atoms with Crippen molar-refractivity contribution >= 4 is 11.8 Å². The van der Waals surface area contributed by atoms with E-state index >= 15 is 0 Å². The van der Waals surface area contributed by atoms with E-state index in [9.17, 15) is 0 Å². The van der Waals surface area contributed by atoms with E-state index in [1.807, 2.05) is 43.6 Å². The zero-order valence-corrected chi connectivity index (χ0v) is 16.9. The van der Waals surface area contributed by atoms with Gasteiger partial charge >= 0.3 is 0 Å². The molecule has 0 saturated carbocycles. The molecule has 1 atom stereocenters. The van der Waals surface area contributed by atoms with Gasteiger partial charge in [-0.15, -0.1) is 0 Å². The molecule has 3 rings (SSSR count). The molecular formula is C22H31N5O. The maximum atomic E-state index is 5.26. The Morgan fingerprint density at radius 1 is 1.18 bits per heavy atom. The highest BCUT2D eigenvalue weighted by atomic mass is 16.5. The van der Waals surface area contributed by atoms with Crippen LogP contribution in [0, 0.1) is 0 Å². The number of nitrogens with zero attached hydrogens (tertiary/aromatic N) is 3. The first-order chi connectivity index (χ1) is 13.8. The van der Waals surface area contributed by atoms with Gasteiger partial charge in [0.05, 0.1) is 7.11 Å². The number of likely N-dealkylation sites (tertiary alicyclic amines) is 1. The third-order valence-electron chi connectivity index (χ3n) is 5.14. The highest BCUT2D eigenvalue weighted by Gasteiger charge is 2.25. The lowest BCUT2D eigenvalue weighted by molar-refractivity contribution is 0.414. The van der Waals surface area contributed by atoms with Crippen molar-refractivity contribution in [1.82, 2.24) is 15.2 Å². The molecule has 1 aromatic carbocycles. The van der Waals surface area contributed by atoms with Crippen LogP contribution in [-0.2, 0) is 0 Å². The molecule has 28 heavy (non-hydrogen) atoms. The van der Waals surface area contributed by atoms with E-state index in [0.717, 1.165) is 63.0 Å². The first-order valence-corrected chi connectivity index (χ1v) is 10.0. The van der Waals surface area contributed by atoms with E-state index in [2.05, 4.69) is 37.6 Å². The molecule has 1 saturated heterocycles. The summed E-state index contributed by atoms with van der Waals surface area (Å²) in [5.74, 6) is 3.40. The van der Waals surface area contributed by atoms with Crippen LogP contribution in [0.25, 0.3) is 0 Å². The first-order valence-electron chi connectivity index (χ1n) is 10.0. The van der Waals surface area contributed by atoms with E-state index in [4.69, 9.17) is 4.74 Å². The van der Waals surface area contributed by atoms with Crippen LogP contribution in [0.5, 0.6) is 5.75 Å². The Morgan fingerprint density at radius 3 is 2.71 bits per heavy atom. The summed E-state index contributed by atoms with van der Waals surface area (Å²) in [6, 6.07) is 14.4. The summed E-state index contributed by atoms with van der Waals surface area (Å²) >= 11 is 0. The molecule has 1 aliphatic heterocycles. The number of rotatable bonds is 8. The van der Waals surface area contributed by atoms with Crippen molar-refractivity contribution in [2.45, 2.75) is 25.2 Å². The number of unbranched alkanes of at least 4 members (excludes halogenated alkanes) is 1. The van der Waals surface area contributed by atoms with Crippen LogP contribution in [0.4, 0.5) is 5.82 Å². The zero-order valence-electron chi connectivity index (χ0n) is 16.9. The van der Waals surface area contributed by atoms with E-state index in [1.54, 1.807) is 7.11 Å². The molecule has 1 fully saturated rings. The van der Waals surface area contributed by atoms with Crippen molar-refractivity contribution < 1.29 is 4.74 Å². The number of aromatic nitrogens is 1. The second kappa shape index (κ2) is 10.5. The Hall–Kier alpha value is -2.76. The number of hydrogen-bond donors (Lipinski definition) is 2. The maximum Gasteiger partial charge on any atom is 0.193 e. The van der Waals surface area contributed by atoms with Crippen LogP contribution in [0.1, 0.15) is 30.7 Å². The predicted octanol–water partition coefficient (Wildman–Crippen LogP) is 3.35. The maximum absolute atomic E-state index is 5.26. The van der Waals surface area contributed by atoms with Crippen molar-refractivity contribution in [3.63, 3.8) is 0 Å². The minimum absolute atomic E-state index is 0.548. The van der Waals surface area contributed by atoms with Crippen LogP contribution in [0.3, 0.4) is 0 Å². The van der Waals surface area contributed by atoms with Crippen LogP contribution in [0.15, 0.2) is 53.7 Å². The molecule has 2 N–H and O–H groups in total. The average Bonchev–Trinajstić information content (AvgIpc) is 3.24. The van der Waals surface area contributed by atoms with Gasteiger partial charge in [-0.3, -0.25) is 4.99 Å². The number of aliphatic imine (C=N–C) groups is 1. The molecule has 2 heterocycles. The smallest absolute Gasteiger partial charge is 0.193 e. The van der Waals surface area contributed by atoms with Gasteiger partial charge in [-0.1, -0.05) is 18.2 Å². The Morgan fingerprint density at radius 2 is 2.00 bits per heavy atom. The van der Waals surface area contributed by atoms with Crippen molar-refractivity contribution in [2.75, 3.05) is 45.7 Å². The first kappa shape index (κ1) is 20.0. The molecule has 6 nitrogen and oxygen atoms in total. The number of guanidine groups is 1. The second-order valence-electron chi connectivity index (χ2n) is 7.03. The van der Waals surface area contributed by atoms with E-state index in [-0.39, 0.29) is 0 Å². The van der Waals surface area contributed by atoms with Crippen molar-refractivity contribution in [1.29, 1.82) is 0 Å². The lowest BCUT2D eigenvalue weighted by atomic mass is 9.98. The quantitative estimate of drug-likeness (QED) is 0.417. The largest absolute Gasteiger partial charge is 0.497 e. The van der Waals surface area contributed by atoms with Gasteiger partial charge in [-0.2, -0.15) is 0 Å². The topological polar surface area (TPSA) is 61.8 Å². The van der Waals surface area contributed by atoms with E-state index < -0.39 is 0 Å². The standard InChI is InChI=1S/C22H31N5O/c1-23-22(26-15-6-5-14-25-21-7-3-4-13-24-21)27-16-12-19(17-27)18-8-10-20(28-2)11-9-18/h3-4,7-11,13,19H,5-6,12,14-17H2,1-2H3,(H,23,26)(H,24,25). The number of benzene rings is 1. The Labute approximate surface area is 168 Å². The molecule has 1 aliphatic rings. The van der Waals surface area contributed by atoms with Gasteiger partial charge in [0.1, 0.15) is 11.6 Å². The van der Waals surface area contributed by atoms with Crippen LogP contribution in [0.2, 0.25) is 0 Å². The van der Waals surface area contributed by atoms with Gasteiger partial charge in [-0.05, 0) is 49.1 Å². The lowest BCUT2D eigenvalue weighted by Gasteiger charge is -2.22. The Kier molecular flexibility index (Phi) is 7.53. The molecule has 1 aromatic heterocycles. The third kappa shape index (κ3) is 5.62. The van der Waals surface area contributed by atoms with Gasteiger partial charge in [0, 0.05) is 45.3 Å². The van der Waals surface area contributed by atoms with Crippen molar-refractivity contribution in [3.8, 4) is 5.75 Å². The highest BCUT2D eigenvalue weighted by molar-refractivity contribution is 5.80. The number of methoxy groups -OCH3 is 1. The molecule has 0 radical (unpaired) electrons. The Balaban J connectivity index is 1.37. The minimum atomic E-state index is 0.548. The summed E-state index contributed by atoms with van der Waals surface area (Å²) in [6.07, 6.45) is 5.15. The highest BCUT2D eigenvalue weighted by Crippen LogP contribution is 2.28. The fourth-order valence-electron chi connectivity index (χ4n) is 3.57. The van der Waals surface area contributed by atoms with Crippen LogP contribution < -0.4 is 15.4 Å². The minimum Gasteiger partial charge on any atom is -0.497 e. The average molecular weight is 382 g/mol. The molecule has 6 heteroatoms. The molecule has 0 amide bonds. The summed E-state index contributed by atoms with van der Waals surface area (Å²) in [5.41, 5.74) is 1.37. The van der Waals surface area contributed by atoms with Gasteiger partial charge in [0.25, 0.3) is 0 Å². The summed E-state index contributed by atoms with van der Waals surface area (Å²) in [7, 11) is 3.57. The van der Waals surface area contributed by atoms with Crippen LogP contribution >= 0.6 is 0 Å². The number of anilines is 1. The second-order valence-corrected chi connectivity index (χ2v) is 7.03. The zero-order chi connectivity index (χ0) is 19.6. The summed E-state index contributed by atoms with van der Waals surface area (Å²) in [6.45, 7) is 3.91. The monoisotopic (exact) mass is 381 g/mol. The van der Waals surface area contributed by atoms with E-state index in [0.29, 0.717) is 5.92 Å². The molecule has 0 aliphatic carbocycles. The predicted molar refractivity (Wildman–Crippen MR) is 115 cm³/mol. The molecule has 0 spiro atoms. The normalized spacial score (nSPS) is 16.9. The third-order valence-corrected chi connectivity index (χ3v) is 5.14. The van der Waals surface area contributed by atoms with Gasteiger partial charge in [0.2, 0.25) is 0 Å². The van der Waals surface area contributed by atoms with Gasteiger partial charge in [-0.25, -0.2) is 4.98 Å². The van der Waals surface area contributed by atoms with Crippen LogP contribution in [-0.4, -0.2) is 56.2 Å². The molecule has 150 valence electrons. The SMILES string of the molecule is CN=C(NCCCCNc1ccccn1)N1CCC(c2ccc(OC)cc2)C1. The molecule has 2 aromatic rings. The fourth-order valence-corrected chi connectivity index (χ4v) is 3.57. The number of ether oxygens (including phenoxy) is 1. The van der Waals surface area contributed by atoms with Crippen molar-refractivity contribution in [3.05, 3.63) is 54.2 Å². The summed E-state index contributed by atoms with van der Waals surface area (Å²) < 4.78 is 5.26. The van der Waals surface area contributed by atoms with Gasteiger partial charge in [0.15, 0.2) is 5.96 Å². The fraction of sp³-hybridized carbons (Fsp3) is 0.455.